The maximum Gasteiger partial charge on any atom is 0.335 e. The van der Waals surface area contributed by atoms with Crippen molar-refractivity contribution in [3.63, 3.8) is 0 Å². The average Bonchev–Trinajstić information content (AvgIpc) is 3.09. The molecule has 0 aliphatic carbocycles. The quantitative estimate of drug-likeness (QED) is 0.0842. The number of carboxylic acid groups (broad SMARTS) is 1. The number of halogens is 1. The van der Waals surface area contributed by atoms with Gasteiger partial charge >= 0.3 is 5.97 Å². The van der Waals surface area contributed by atoms with Crippen LogP contribution in [0.4, 0.5) is 11.4 Å². The van der Waals surface area contributed by atoms with Crippen LogP contribution in [-0.2, 0) is 9.59 Å². The zero-order valence-electron chi connectivity index (χ0n) is 24.7. The Morgan fingerprint density at radius 2 is 1.34 bits per heavy atom. The van der Waals surface area contributed by atoms with Crippen molar-refractivity contribution in [1.82, 2.24) is 5.32 Å². The zero-order chi connectivity index (χ0) is 33.2. The molecule has 5 rings (SSSR count). The Labute approximate surface area is 280 Å². The number of benzene rings is 5. The molecule has 234 valence electrons. The zero-order valence-corrected chi connectivity index (χ0v) is 26.3. The number of carboxylic acids is 1. The highest BCUT2D eigenvalue weighted by molar-refractivity contribution is 8.00. The van der Waals surface area contributed by atoms with E-state index in [2.05, 4.69) is 16.0 Å². The summed E-state index contributed by atoms with van der Waals surface area (Å²) < 4.78 is 0. The van der Waals surface area contributed by atoms with E-state index in [-0.39, 0.29) is 17.2 Å². The van der Waals surface area contributed by atoms with Gasteiger partial charge in [-0.25, -0.2) is 4.79 Å². The van der Waals surface area contributed by atoms with Crippen molar-refractivity contribution >= 4 is 64.5 Å². The highest BCUT2D eigenvalue weighted by atomic mass is 35.5. The lowest BCUT2D eigenvalue weighted by atomic mass is 10.1. The van der Waals surface area contributed by atoms with Crippen molar-refractivity contribution in [1.29, 1.82) is 0 Å². The molecule has 0 fully saturated rings. The first-order valence-electron chi connectivity index (χ1n) is 14.4. The first-order valence-corrected chi connectivity index (χ1v) is 15.6. The van der Waals surface area contributed by atoms with Crippen molar-refractivity contribution in [2.45, 2.75) is 10.1 Å². The summed E-state index contributed by atoms with van der Waals surface area (Å²) in [5.41, 5.74) is 2.67. The van der Waals surface area contributed by atoms with Crippen LogP contribution in [0.15, 0.2) is 144 Å². The molecule has 1 unspecified atom stereocenters. The minimum absolute atomic E-state index is 0.0135. The van der Waals surface area contributed by atoms with Crippen molar-refractivity contribution in [2.75, 3.05) is 10.6 Å². The number of rotatable bonds is 11. The standard InChI is InChI=1S/C37H28ClN3O5S/c38-31-17-8-7-14-27(31)22-32(41-34(42)25-12-5-2-6-13-25)35(43)40-29-15-9-16-30(23-29)47-33(24-10-3-1-4-11-24)36(44)39-28-20-18-26(19-21-28)37(45)46/h1-23,33H,(H,39,44)(H,40,43)(H,41,42)(H,45,46)/b32-22+. The van der Waals surface area contributed by atoms with Crippen LogP contribution < -0.4 is 16.0 Å². The summed E-state index contributed by atoms with van der Waals surface area (Å²) in [5.74, 6) is -2.40. The van der Waals surface area contributed by atoms with Gasteiger partial charge in [-0.15, -0.1) is 11.8 Å². The smallest absolute Gasteiger partial charge is 0.335 e. The number of thioether (sulfide) groups is 1. The van der Waals surface area contributed by atoms with E-state index in [1.165, 1.54) is 42.1 Å². The molecule has 0 aliphatic heterocycles. The second-order valence-corrected chi connectivity index (χ2v) is 11.7. The van der Waals surface area contributed by atoms with Crippen LogP contribution in [0.25, 0.3) is 6.08 Å². The number of anilines is 2. The normalized spacial score (nSPS) is 11.6. The van der Waals surface area contributed by atoms with Gasteiger partial charge in [0.15, 0.2) is 0 Å². The van der Waals surface area contributed by atoms with Crippen LogP contribution in [0.2, 0.25) is 5.02 Å². The van der Waals surface area contributed by atoms with E-state index in [4.69, 9.17) is 11.6 Å². The van der Waals surface area contributed by atoms with Crippen molar-refractivity contribution in [3.8, 4) is 0 Å². The van der Waals surface area contributed by atoms with Gasteiger partial charge in [-0.3, -0.25) is 14.4 Å². The van der Waals surface area contributed by atoms with Crippen molar-refractivity contribution in [3.05, 3.63) is 166 Å². The first-order chi connectivity index (χ1) is 22.8. The summed E-state index contributed by atoms with van der Waals surface area (Å²) in [4.78, 5) is 52.0. The SMILES string of the molecule is O=C(Nc1cccc(SC(C(=O)Nc2ccc(C(=O)O)cc2)c2ccccc2)c1)/C(=C\c1ccccc1Cl)NC(=O)c1ccccc1. The fraction of sp³-hybridized carbons (Fsp3) is 0.0270. The van der Waals surface area contributed by atoms with Gasteiger partial charge in [0.1, 0.15) is 10.9 Å². The number of hydrogen-bond acceptors (Lipinski definition) is 5. The van der Waals surface area contributed by atoms with Crippen LogP contribution in [0.3, 0.4) is 0 Å². The summed E-state index contributed by atoms with van der Waals surface area (Å²) in [6.07, 6.45) is 1.51. The largest absolute Gasteiger partial charge is 0.478 e. The minimum atomic E-state index is -1.06. The van der Waals surface area contributed by atoms with E-state index in [0.29, 0.717) is 32.4 Å². The fourth-order valence-corrected chi connectivity index (χ4v) is 5.75. The second-order valence-electron chi connectivity index (χ2n) is 10.2. The Balaban J connectivity index is 1.37. The average molecular weight is 662 g/mol. The lowest BCUT2D eigenvalue weighted by Crippen LogP contribution is -2.30. The van der Waals surface area contributed by atoms with Crippen LogP contribution >= 0.6 is 23.4 Å². The monoisotopic (exact) mass is 661 g/mol. The Kier molecular flexibility index (Phi) is 10.9. The predicted molar refractivity (Wildman–Crippen MR) is 185 cm³/mol. The third kappa shape index (κ3) is 8.97. The third-order valence-corrected chi connectivity index (χ3v) is 8.41. The van der Waals surface area contributed by atoms with E-state index >= 15 is 0 Å². The molecule has 5 aromatic rings. The van der Waals surface area contributed by atoms with Gasteiger partial charge in [-0.2, -0.15) is 0 Å². The van der Waals surface area contributed by atoms with Crippen molar-refractivity contribution in [2.24, 2.45) is 0 Å². The Bertz CT molecular complexity index is 1930. The predicted octanol–water partition coefficient (Wildman–Crippen LogP) is 7.92. The first kappa shape index (κ1) is 32.7. The molecule has 0 aliphatic rings. The van der Waals surface area contributed by atoms with E-state index < -0.39 is 23.0 Å². The van der Waals surface area contributed by atoms with E-state index in [1.807, 2.05) is 36.4 Å². The summed E-state index contributed by atoms with van der Waals surface area (Å²) in [6, 6.07) is 37.7. The molecule has 10 heteroatoms. The number of aromatic carboxylic acids is 1. The molecule has 0 saturated carbocycles. The maximum absolute atomic E-state index is 13.6. The lowest BCUT2D eigenvalue weighted by Gasteiger charge is -2.18. The fourth-order valence-electron chi connectivity index (χ4n) is 4.48. The molecule has 0 radical (unpaired) electrons. The molecule has 8 nitrogen and oxygen atoms in total. The Morgan fingerprint density at radius 1 is 0.681 bits per heavy atom. The molecule has 0 aromatic heterocycles. The highest BCUT2D eigenvalue weighted by Crippen LogP contribution is 2.37. The van der Waals surface area contributed by atoms with Crippen LogP contribution in [0.5, 0.6) is 0 Å². The summed E-state index contributed by atoms with van der Waals surface area (Å²) >= 11 is 7.63. The molecular formula is C37H28ClN3O5S. The molecule has 47 heavy (non-hydrogen) atoms. The van der Waals surface area contributed by atoms with E-state index in [1.54, 1.807) is 72.8 Å². The molecule has 0 saturated heterocycles. The van der Waals surface area contributed by atoms with Gasteiger partial charge < -0.3 is 21.1 Å². The van der Waals surface area contributed by atoms with Gasteiger partial charge in [0.25, 0.3) is 11.8 Å². The summed E-state index contributed by atoms with van der Waals surface area (Å²) in [6.45, 7) is 0. The van der Waals surface area contributed by atoms with Gasteiger partial charge in [-0.1, -0.05) is 84.4 Å². The summed E-state index contributed by atoms with van der Waals surface area (Å²) in [5, 5.41) is 17.3. The van der Waals surface area contributed by atoms with Crippen LogP contribution in [0, 0.1) is 0 Å². The van der Waals surface area contributed by atoms with Gasteiger partial charge in [0.05, 0.1) is 5.56 Å². The highest BCUT2D eigenvalue weighted by Gasteiger charge is 2.23. The number of carbonyl (C=O) groups is 4. The number of amides is 3. The lowest BCUT2D eigenvalue weighted by molar-refractivity contribution is -0.116. The number of hydrogen-bond donors (Lipinski definition) is 4. The minimum Gasteiger partial charge on any atom is -0.478 e. The van der Waals surface area contributed by atoms with Gasteiger partial charge in [0.2, 0.25) is 5.91 Å². The number of nitrogens with one attached hydrogen (secondary N) is 3. The Morgan fingerprint density at radius 3 is 2.02 bits per heavy atom. The topological polar surface area (TPSA) is 125 Å². The second kappa shape index (κ2) is 15.6. The molecule has 0 bridgehead atoms. The van der Waals surface area contributed by atoms with Crippen LogP contribution in [0.1, 0.15) is 37.1 Å². The van der Waals surface area contributed by atoms with E-state index in [9.17, 15) is 24.3 Å². The third-order valence-electron chi connectivity index (χ3n) is 6.82. The van der Waals surface area contributed by atoms with Crippen LogP contribution in [-0.4, -0.2) is 28.8 Å². The van der Waals surface area contributed by atoms with Gasteiger partial charge in [-0.05, 0) is 77.9 Å². The van der Waals surface area contributed by atoms with Crippen molar-refractivity contribution < 1.29 is 24.3 Å². The molecular weight excluding hydrogens is 634 g/mol. The molecule has 5 aromatic carbocycles. The molecule has 4 N–H and O–H groups in total. The Hall–Kier alpha value is -5.64. The summed E-state index contributed by atoms with van der Waals surface area (Å²) in [7, 11) is 0. The maximum atomic E-state index is 13.6. The molecule has 0 spiro atoms. The van der Waals surface area contributed by atoms with Gasteiger partial charge in [0, 0.05) is 26.9 Å². The van der Waals surface area contributed by atoms with E-state index in [0.717, 1.165) is 5.56 Å². The number of carbonyl (C=O) groups excluding carboxylic acids is 3. The molecule has 1 atom stereocenters. The molecule has 0 heterocycles. The molecule has 3 amide bonds.